The van der Waals surface area contributed by atoms with Crippen LogP contribution in [-0.2, 0) is 0 Å². The van der Waals surface area contributed by atoms with Crippen molar-refractivity contribution in [2.75, 3.05) is 0 Å². The summed E-state index contributed by atoms with van der Waals surface area (Å²) in [5, 5.41) is 0.775. The zero-order valence-electron chi connectivity index (χ0n) is 8.51. The normalized spacial score (nSPS) is 9.56. The monoisotopic (exact) mass is 247 g/mol. The number of aromatic nitrogens is 1. The fraction of sp³-hybridized carbons (Fsp3) is 0. The zero-order chi connectivity index (χ0) is 11.2. The van der Waals surface area contributed by atoms with Crippen molar-refractivity contribution in [2.24, 2.45) is 0 Å². The second kappa shape index (κ2) is 5.64. The molecule has 1 heterocycles. The molecule has 0 aliphatic rings. The van der Waals surface area contributed by atoms with Gasteiger partial charge in [-0.15, -0.1) is 11.3 Å². The van der Waals surface area contributed by atoms with E-state index < -0.39 is 0 Å². The summed E-state index contributed by atoms with van der Waals surface area (Å²) in [7, 11) is 0. The summed E-state index contributed by atoms with van der Waals surface area (Å²) in [5.74, 6) is 0. The van der Waals surface area contributed by atoms with Crippen LogP contribution in [0.15, 0.2) is 60.1 Å². The number of thiazole rings is 1. The Bertz CT molecular complexity index is 521. The predicted molar refractivity (Wildman–Crippen MR) is 71.1 cm³/mol. The van der Waals surface area contributed by atoms with E-state index in [4.69, 9.17) is 11.6 Å². The number of hydrogen-bond acceptors (Lipinski definition) is 2. The molecule has 0 saturated carbocycles. The van der Waals surface area contributed by atoms with E-state index in [1.54, 1.807) is 11.3 Å². The van der Waals surface area contributed by atoms with E-state index in [0.717, 1.165) is 15.2 Å². The van der Waals surface area contributed by atoms with E-state index in [1.165, 1.54) is 0 Å². The standard InChI is InChI=1S/C7H4ClNS.C6H6/c8-5-1-2-6-7(3-5)10-4-9-6;1-2-4-6-5-3-1/h1-4H;1-6H. The summed E-state index contributed by atoms with van der Waals surface area (Å²) in [5.41, 5.74) is 2.84. The van der Waals surface area contributed by atoms with Gasteiger partial charge in [0.15, 0.2) is 0 Å². The first kappa shape index (κ1) is 11.1. The Hall–Kier alpha value is -1.38. The molecule has 1 nitrogen and oxygen atoms in total. The molecule has 0 spiro atoms. The first-order chi connectivity index (χ1) is 7.86. The highest BCUT2D eigenvalue weighted by Crippen LogP contribution is 2.21. The molecule has 0 bridgehead atoms. The minimum Gasteiger partial charge on any atom is -0.245 e. The molecule has 0 amide bonds. The SMILES string of the molecule is Clc1ccc2ncsc2c1.c1ccccc1. The van der Waals surface area contributed by atoms with Crippen LogP contribution >= 0.6 is 22.9 Å². The largest absolute Gasteiger partial charge is 0.245 e. The second-order valence-corrected chi connectivity index (χ2v) is 4.44. The highest BCUT2D eigenvalue weighted by molar-refractivity contribution is 7.16. The molecule has 16 heavy (non-hydrogen) atoms. The third-order valence-electron chi connectivity index (χ3n) is 1.96. The van der Waals surface area contributed by atoms with Gasteiger partial charge in [-0.1, -0.05) is 48.0 Å². The Balaban J connectivity index is 0.000000138. The number of nitrogens with zero attached hydrogens (tertiary/aromatic N) is 1. The van der Waals surface area contributed by atoms with Gasteiger partial charge in [-0.3, -0.25) is 0 Å². The molecule has 0 fully saturated rings. The van der Waals surface area contributed by atoms with Gasteiger partial charge in [0.1, 0.15) is 0 Å². The summed E-state index contributed by atoms with van der Waals surface area (Å²) in [4.78, 5) is 4.12. The second-order valence-electron chi connectivity index (χ2n) is 3.12. The van der Waals surface area contributed by atoms with Crippen LogP contribution in [0.1, 0.15) is 0 Å². The van der Waals surface area contributed by atoms with E-state index in [-0.39, 0.29) is 0 Å². The Morgan fingerprint density at radius 3 is 2.19 bits per heavy atom. The van der Waals surface area contributed by atoms with E-state index in [9.17, 15) is 0 Å². The van der Waals surface area contributed by atoms with Crippen molar-refractivity contribution in [3.8, 4) is 0 Å². The fourth-order valence-corrected chi connectivity index (χ4v) is 2.17. The molecule has 0 aliphatic heterocycles. The van der Waals surface area contributed by atoms with Crippen LogP contribution < -0.4 is 0 Å². The van der Waals surface area contributed by atoms with Crippen molar-refractivity contribution >= 4 is 33.2 Å². The van der Waals surface area contributed by atoms with E-state index >= 15 is 0 Å². The molecule has 0 saturated heterocycles. The number of benzene rings is 2. The molecule has 1 aromatic heterocycles. The lowest BCUT2D eigenvalue weighted by Crippen LogP contribution is -1.64. The van der Waals surface area contributed by atoms with Crippen LogP contribution in [0.3, 0.4) is 0 Å². The summed E-state index contributed by atoms with van der Waals surface area (Å²) >= 11 is 7.36. The molecule has 80 valence electrons. The Labute approximate surface area is 103 Å². The number of hydrogen-bond donors (Lipinski definition) is 0. The van der Waals surface area contributed by atoms with Crippen molar-refractivity contribution < 1.29 is 0 Å². The third-order valence-corrected chi connectivity index (χ3v) is 2.99. The number of rotatable bonds is 0. The quantitative estimate of drug-likeness (QED) is 0.564. The molecule has 3 aromatic rings. The van der Waals surface area contributed by atoms with Crippen LogP contribution in [0, 0.1) is 0 Å². The summed E-state index contributed by atoms with van der Waals surface area (Å²) in [6.07, 6.45) is 0. The highest BCUT2D eigenvalue weighted by Gasteiger charge is 1.94. The molecule has 0 atom stereocenters. The van der Waals surface area contributed by atoms with Gasteiger partial charge in [0.2, 0.25) is 0 Å². The molecular weight excluding hydrogens is 238 g/mol. The van der Waals surface area contributed by atoms with Crippen LogP contribution in [0.25, 0.3) is 10.2 Å². The average Bonchev–Trinajstić information content (AvgIpc) is 2.79. The van der Waals surface area contributed by atoms with Gasteiger partial charge in [-0.05, 0) is 18.2 Å². The van der Waals surface area contributed by atoms with Crippen molar-refractivity contribution in [2.45, 2.75) is 0 Å². The van der Waals surface area contributed by atoms with Gasteiger partial charge in [0.25, 0.3) is 0 Å². The lowest BCUT2D eigenvalue weighted by molar-refractivity contribution is 1.50. The first-order valence-electron chi connectivity index (χ1n) is 4.85. The first-order valence-corrected chi connectivity index (χ1v) is 6.11. The topological polar surface area (TPSA) is 12.9 Å². The van der Waals surface area contributed by atoms with E-state index in [0.29, 0.717) is 0 Å². The van der Waals surface area contributed by atoms with Gasteiger partial charge >= 0.3 is 0 Å². The summed E-state index contributed by atoms with van der Waals surface area (Å²) < 4.78 is 1.15. The average molecular weight is 248 g/mol. The summed E-state index contributed by atoms with van der Waals surface area (Å²) in [6.45, 7) is 0. The molecule has 0 aliphatic carbocycles. The maximum absolute atomic E-state index is 5.75. The fourth-order valence-electron chi connectivity index (χ4n) is 1.21. The highest BCUT2D eigenvalue weighted by atomic mass is 35.5. The molecule has 3 rings (SSSR count). The molecule has 2 aromatic carbocycles. The van der Waals surface area contributed by atoms with Crippen molar-refractivity contribution in [3.63, 3.8) is 0 Å². The lowest BCUT2D eigenvalue weighted by atomic mass is 10.3. The van der Waals surface area contributed by atoms with Crippen molar-refractivity contribution in [1.29, 1.82) is 0 Å². The van der Waals surface area contributed by atoms with Gasteiger partial charge in [0, 0.05) is 5.02 Å². The Kier molecular flexibility index (Phi) is 3.91. The van der Waals surface area contributed by atoms with Crippen LogP contribution in [0.2, 0.25) is 5.02 Å². The smallest absolute Gasteiger partial charge is 0.0813 e. The minimum atomic E-state index is 0.775. The predicted octanol–water partition coefficient (Wildman–Crippen LogP) is 4.64. The van der Waals surface area contributed by atoms with Crippen molar-refractivity contribution in [3.05, 3.63) is 65.1 Å². The van der Waals surface area contributed by atoms with Gasteiger partial charge in [-0.25, -0.2) is 4.98 Å². The molecular formula is C13H10ClNS. The van der Waals surface area contributed by atoms with Crippen LogP contribution in [0.4, 0.5) is 0 Å². The van der Waals surface area contributed by atoms with Crippen LogP contribution in [-0.4, -0.2) is 4.98 Å². The maximum Gasteiger partial charge on any atom is 0.0813 e. The number of halogens is 1. The molecule has 0 N–H and O–H groups in total. The molecule has 0 unspecified atom stereocenters. The Morgan fingerprint density at radius 1 is 0.938 bits per heavy atom. The maximum atomic E-state index is 5.75. The molecule has 3 heteroatoms. The Morgan fingerprint density at radius 2 is 1.56 bits per heavy atom. The zero-order valence-corrected chi connectivity index (χ0v) is 10.1. The van der Waals surface area contributed by atoms with E-state index in [1.807, 2.05) is 60.1 Å². The van der Waals surface area contributed by atoms with Crippen molar-refractivity contribution in [1.82, 2.24) is 4.98 Å². The number of fused-ring (bicyclic) bond motifs is 1. The minimum absolute atomic E-state index is 0.775. The van der Waals surface area contributed by atoms with Gasteiger partial charge < -0.3 is 0 Å². The lowest BCUT2D eigenvalue weighted by Gasteiger charge is -1.86. The van der Waals surface area contributed by atoms with Gasteiger partial charge in [0.05, 0.1) is 15.7 Å². The van der Waals surface area contributed by atoms with Gasteiger partial charge in [-0.2, -0.15) is 0 Å². The molecule has 0 radical (unpaired) electrons. The summed E-state index contributed by atoms with van der Waals surface area (Å²) in [6, 6.07) is 17.7. The van der Waals surface area contributed by atoms with E-state index in [2.05, 4.69) is 4.98 Å². The van der Waals surface area contributed by atoms with Crippen LogP contribution in [0.5, 0.6) is 0 Å². The third kappa shape index (κ3) is 3.05.